The van der Waals surface area contributed by atoms with Crippen molar-refractivity contribution in [2.75, 3.05) is 20.2 Å². The van der Waals surface area contributed by atoms with Crippen molar-refractivity contribution in [1.29, 1.82) is 0 Å². The van der Waals surface area contributed by atoms with Crippen molar-refractivity contribution in [3.05, 3.63) is 60.2 Å². The van der Waals surface area contributed by atoms with Crippen LogP contribution in [0.1, 0.15) is 12.0 Å². The Morgan fingerprint density at radius 2 is 1.87 bits per heavy atom. The maximum atomic E-state index is 13.8. The Morgan fingerprint density at radius 3 is 2.40 bits per heavy atom. The topological polar surface area (TPSA) is 117 Å². The fourth-order valence-corrected chi connectivity index (χ4v) is 5.76. The standard InChI is InChI=1S/C20H25N3O5S.ClH/c1-28-17-7-9-18(10-8-17)29(26,27)20(19(24)23-25,16-11-12-21-14-16)22-13-15-5-3-2-4-6-15;/h2-10,16,21-22,25H,11-14H2,1H3,(H,23,24);1H/t16?,20-;/m1./s1. The summed E-state index contributed by atoms with van der Waals surface area (Å²) in [7, 11) is -2.75. The molecule has 1 unspecified atom stereocenters. The third kappa shape index (κ3) is 4.45. The zero-order valence-electron chi connectivity index (χ0n) is 16.5. The molecule has 1 heterocycles. The van der Waals surface area contributed by atoms with E-state index in [0.717, 1.165) is 5.56 Å². The van der Waals surface area contributed by atoms with Crippen LogP contribution in [0.3, 0.4) is 0 Å². The van der Waals surface area contributed by atoms with Gasteiger partial charge in [0.2, 0.25) is 14.7 Å². The molecular weight excluding hydrogens is 430 g/mol. The third-order valence-corrected chi connectivity index (χ3v) is 7.67. The molecule has 1 amide bonds. The number of rotatable bonds is 8. The number of ether oxygens (including phenoxy) is 1. The van der Waals surface area contributed by atoms with Crippen molar-refractivity contribution in [3.8, 4) is 5.75 Å². The number of benzene rings is 2. The molecule has 10 heteroatoms. The number of hydrogen-bond donors (Lipinski definition) is 4. The van der Waals surface area contributed by atoms with Crippen LogP contribution in [0.4, 0.5) is 0 Å². The maximum Gasteiger partial charge on any atom is 0.280 e. The molecule has 2 aromatic carbocycles. The van der Waals surface area contributed by atoms with Crippen LogP contribution in [0.25, 0.3) is 0 Å². The second kappa shape index (κ2) is 10.2. The highest BCUT2D eigenvalue weighted by Gasteiger charge is 2.57. The van der Waals surface area contributed by atoms with E-state index in [-0.39, 0.29) is 23.8 Å². The number of amides is 1. The number of sulfone groups is 1. The van der Waals surface area contributed by atoms with Crippen LogP contribution in [0.15, 0.2) is 59.5 Å². The Balaban J connectivity index is 0.00000320. The number of methoxy groups -OCH3 is 1. The first-order valence-electron chi connectivity index (χ1n) is 9.28. The maximum absolute atomic E-state index is 13.8. The van der Waals surface area contributed by atoms with Gasteiger partial charge in [0, 0.05) is 19.0 Å². The minimum Gasteiger partial charge on any atom is -0.497 e. The Kier molecular flexibility index (Phi) is 8.22. The molecule has 1 aliphatic heterocycles. The van der Waals surface area contributed by atoms with Crippen LogP contribution in [-0.4, -0.2) is 44.6 Å². The molecule has 0 bridgehead atoms. The highest BCUT2D eigenvalue weighted by atomic mass is 35.5. The van der Waals surface area contributed by atoms with Crippen molar-refractivity contribution >= 4 is 28.2 Å². The smallest absolute Gasteiger partial charge is 0.280 e. The number of carbonyl (C=O) groups excluding carboxylic acids is 1. The summed E-state index contributed by atoms with van der Waals surface area (Å²) < 4.78 is 32.6. The summed E-state index contributed by atoms with van der Waals surface area (Å²) in [5.74, 6) is -1.08. The largest absolute Gasteiger partial charge is 0.497 e. The highest BCUT2D eigenvalue weighted by Crippen LogP contribution is 2.35. The first kappa shape index (κ1) is 24.1. The molecule has 0 saturated carbocycles. The molecule has 2 aromatic rings. The Hall–Kier alpha value is -2.17. The summed E-state index contributed by atoms with van der Waals surface area (Å²) in [6.45, 7) is 1.04. The van der Waals surface area contributed by atoms with E-state index in [2.05, 4.69) is 10.6 Å². The lowest BCUT2D eigenvalue weighted by atomic mass is 9.96. The van der Waals surface area contributed by atoms with Crippen molar-refractivity contribution in [2.45, 2.75) is 22.7 Å². The van der Waals surface area contributed by atoms with Crippen molar-refractivity contribution < 1.29 is 23.2 Å². The molecule has 0 aliphatic carbocycles. The summed E-state index contributed by atoms with van der Waals surface area (Å²) in [6.07, 6.45) is 0.463. The minimum atomic E-state index is -4.23. The van der Waals surface area contributed by atoms with E-state index in [1.165, 1.54) is 31.4 Å². The first-order valence-corrected chi connectivity index (χ1v) is 10.8. The summed E-state index contributed by atoms with van der Waals surface area (Å²) in [5, 5.41) is 15.6. The van der Waals surface area contributed by atoms with Gasteiger partial charge in [-0.25, -0.2) is 13.9 Å². The van der Waals surface area contributed by atoms with Gasteiger partial charge in [0.1, 0.15) is 5.75 Å². The zero-order valence-corrected chi connectivity index (χ0v) is 18.1. The van der Waals surface area contributed by atoms with Gasteiger partial charge in [0.25, 0.3) is 5.91 Å². The van der Waals surface area contributed by atoms with Crippen LogP contribution in [0.5, 0.6) is 5.75 Å². The summed E-state index contributed by atoms with van der Waals surface area (Å²) >= 11 is 0. The summed E-state index contributed by atoms with van der Waals surface area (Å²) in [5.41, 5.74) is 2.40. The van der Waals surface area contributed by atoms with Crippen LogP contribution in [0, 0.1) is 5.92 Å². The van der Waals surface area contributed by atoms with Gasteiger partial charge in [-0.15, -0.1) is 12.4 Å². The van der Waals surface area contributed by atoms with E-state index in [4.69, 9.17) is 4.74 Å². The van der Waals surface area contributed by atoms with Gasteiger partial charge >= 0.3 is 0 Å². The Labute approximate surface area is 182 Å². The van der Waals surface area contributed by atoms with Gasteiger partial charge in [-0.3, -0.25) is 15.3 Å². The van der Waals surface area contributed by atoms with Gasteiger partial charge in [-0.2, -0.15) is 0 Å². The van der Waals surface area contributed by atoms with E-state index in [1.807, 2.05) is 30.3 Å². The van der Waals surface area contributed by atoms with Crippen LogP contribution < -0.4 is 20.9 Å². The highest BCUT2D eigenvalue weighted by molar-refractivity contribution is 7.93. The first-order chi connectivity index (χ1) is 14.0. The van der Waals surface area contributed by atoms with Crippen LogP contribution >= 0.6 is 12.4 Å². The number of carbonyl (C=O) groups is 1. The lowest BCUT2D eigenvalue weighted by molar-refractivity contribution is -0.134. The van der Waals surface area contributed by atoms with E-state index in [9.17, 15) is 18.4 Å². The Bertz CT molecular complexity index is 935. The summed E-state index contributed by atoms with van der Waals surface area (Å²) in [4.78, 5) is 10.9. The molecule has 1 fully saturated rings. The molecule has 0 aromatic heterocycles. The van der Waals surface area contributed by atoms with Crippen LogP contribution in [0.2, 0.25) is 0 Å². The van der Waals surface area contributed by atoms with Crippen molar-refractivity contribution in [3.63, 3.8) is 0 Å². The van der Waals surface area contributed by atoms with Gasteiger partial charge in [-0.1, -0.05) is 30.3 Å². The average Bonchev–Trinajstić information content (AvgIpc) is 3.29. The molecule has 30 heavy (non-hydrogen) atoms. The predicted octanol–water partition coefficient (Wildman–Crippen LogP) is 1.49. The fourth-order valence-electron chi connectivity index (χ4n) is 3.70. The van der Waals surface area contributed by atoms with E-state index < -0.39 is 26.5 Å². The molecular formula is C20H26ClN3O5S. The minimum absolute atomic E-state index is 0. The molecule has 164 valence electrons. The Morgan fingerprint density at radius 1 is 1.20 bits per heavy atom. The fraction of sp³-hybridized carbons (Fsp3) is 0.350. The van der Waals surface area contributed by atoms with Gasteiger partial charge in [0.15, 0.2) is 0 Å². The number of halogens is 1. The second-order valence-electron chi connectivity index (χ2n) is 6.88. The SMILES string of the molecule is COc1ccc(S(=O)(=O)[C@@](NCc2ccccc2)(C(=O)NO)C2CCNC2)cc1.Cl. The van der Waals surface area contributed by atoms with Gasteiger partial charge in [-0.05, 0) is 42.8 Å². The lowest BCUT2D eigenvalue weighted by Crippen LogP contribution is -2.65. The molecule has 0 spiro atoms. The molecule has 3 rings (SSSR count). The quantitative estimate of drug-likeness (QED) is 0.352. The van der Waals surface area contributed by atoms with E-state index in [1.54, 1.807) is 5.48 Å². The predicted molar refractivity (Wildman–Crippen MR) is 114 cm³/mol. The van der Waals surface area contributed by atoms with Crippen LogP contribution in [-0.2, 0) is 21.2 Å². The third-order valence-electron chi connectivity index (χ3n) is 5.27. The molecule has 1 aliphatic rings. The number of hydrogen-bond acceptors (Lipinski definition) is 7. The normalized spacial score (nSPS) is 18.1. The molecule has 2 atom stereocenters. The van der Waals surface area contributed by atoms with E-state index >= 15 is 0 Å². The number of nitrogens with one attached hydrogen (secondary N) is 3. The van der Waals surface area contributed by atoms with Gasteiger partial charge in [0.05, 0.1) is 12.0 Å². The van der Waals surface area contributed by atoms with E-state index in [0.29, 0.717) is 25.3 Å². The zero-order chi connectivity index (χ0) is 20.9. The molecule has 0 radical (unpaired) electrons. The van der Waals surface area contributed by atoms with Crippen molar-refractivity contribution in [1.82, 2.24) is 16.1 Å². The van der Waals surface area contributed by atoms with Crippen molar-refractivity contribution in [2.24, 2.45) is 5.92 Å². The summed E-state index contributed by atoms with van der Waals surface area (Å²) in [6, 6.07) is 15.0. The average molecular weight is 456 g/mol. The second-order valence-corrected chi connectivity index (χ2v) is 9.01. The molecule has 4 N–H and O–H groups in total. The molecule has 1 saturated heterocycles. The van der Waals surface area contributed by atoms with Gasteiger partial charge < -0.3 is 10.1 Å². The monoisotopic (exact) mass is 455 g/mol. The molecule has 8 nitrogen and oxygen atoms in total. The number of hydroxylamine groups is 1. The lowest BCUT2D eigenvalue weighted by Gasteiger charge is -2.37.